The van der Waals surface area contributed by atoms with Gasteiger partial charge in [0.2, 0.25) is 0 Å². The van der Waals surface area contributed by atoms with Crippen LogP contribution in [0.4, 0.5) is 0 Å². The molecule has 0 spiro atoms. The Bertz CT molecular complexity index is 1580. The summed E-state index contributed by atoms with van der Waals surface area (Å²) in [6.45, 7) is 0. The molecular formula is C38H34NP2-. The second kappa shape index (κ2) is 12.8. The lowest BCUT2D eigenvalue weighted by molar-refractivity contribution is 0.345. The predicted octanol–water partition coefficient (Wildman–Crippen LogP) is 6.57. The van der Waals surface area contributed by atoms with Crippen molar-refractivity contribution in [3.8, 4) is 0 Å². The van der Waals surface area contributed by atoms with Crippen molar-refractivity contribution in [3.63, 3.8) is 0 Å². The molecule has 0 aliphatic heterocycles. The van der Waals surface area contributed by atoms with Gasteiger partial charge in [0.25, 0.3) is 0 Å². The van der Waals surface area contributed by atoms with Crippen LogP contribution in [0, 0.1) is 0 Å². The summed E-state index contributed by atoms with van der Waals surface area (Å²) >= 11 is 0. The fraction of sp³-hybridized carbons (Fsp3) is 0.0789. The van der Waals surface area contributed by atoms with E-state index in [0.717, 1.165) is 0 Å². The monoisotopic (exact) mass is 566 g/mol. The summed E-state index contributed by atoms with van der Waals surface area (Å²) in [5.74, 6) is 0. The van der Waals surface area contributed by atoms with Crippen molar-refractivity contribution in [3.05, 3.63) is 175 Å². The number of nitrogens with zero attached hydrogens (tertiary/aromatic N) is 1. The average molecular weight is 567 g/mol. The Labute approximate surface area is 247 Å². The Hall–Kier alpha value is -3.73. The fourth-order valence-electron chi connectivity index (χ4n) is 5.67. The van der Waals surface area contributed by atoms with E-state index in [4.69, 9.17) is 0 Å². The Morgan fingerprint density at radius 3 is 1.34 bits per heavy atom. The zero-order valence-corrected chi connectivity index (χ0v) is 25.3. The molecule has 1 atom stereocenters. The van der Waals surface area contributed by atoms with Gasteiger partial charge in [-0.15, -0.1) is 5.30 Å². The minimum atomic E-state index is -0.734. The molecule has 1 nitrogen and oxygen atoms in total. The van der Waals surface area contributed by atoms with Crippen LogP contribution in [0.3, 0.4) is 0 Å². The Balaban J connectivity index is 1.53. The minimum Gasteiger partial charge on any atom is -0.310 e. The summed E-state index contributed by atoms with van der Waals surface area (Å²) in [7, 11) is 3.00. The van der Waals surface area contributed by atoms with Gasteiger partial charge < -0.3 is 4.90 Å². The zero-order chi connectivity index (χ0) is 28.0. The third-order valence-corrected chi connectivity index (χ3v) is 12.4. The SMILES string of the molecule is CN(C)[C@H](c1ccccc1P(c1ccccc1)c1ccccc1)c1cc[cH-]c1P(c1ccccc1)c1ccccc1. The summed E-state index contributed by atoms with van der Waals surface area (Å²) in [5, 5.41) is 8.34. The second-order valence-corrected chi connectivity index (χ2v) is 14.7. The van der Waals surface area contributed by atoms with Gasteiger partial charge in [0.15, 0.2) is 0 Å². The number of hydrogen-bond donors (Lipinski definition) is 0. The maximum Gasteiger partial charge on any atom is 0.00590 e. The molecule has 0 aliphatic rings. The third kappa shape index (κ3) is 5.86. The van der Waals surface area contributed by atoms with Crippen molar-refractivity contribution in [2.45, 2.75) is 6.04 Å². The van der Waals surface area contributed by atoms with Crippen LogP contribution < -0.4 is 31.8 Å². The molecule has 0 unspecified atom stereocenters. The van der Waals surface area contributed by atoms with E-state index < -0.39 is 15.8 Å². The lowest BCUT2D eigenvalue weighted by atomic mass is 10.00. The lowest BCUT2D eigenvalue weighted by Gasteiger charge is -2.36. The largest absolute Gasteiger partial charge is 0.310 e. The Morgan fingerprint density at radius 2 is 0.878 bits per heavy atom. The third-order valence-electron chi connectivity index (χ3n) is 7.41. The van der Waals surface area contributed by atoms with Gasteiger partial charge in [-0.25, -0.2) is 6.07 Å². The van der Waals surface area contributed by atoms with Gasteiger partial charge in [0, 0.05) is 6.04 Å². The molecular weight excluding hydrogens is 532 g/mol. The highest BCUT2D eigenvalue weighted by molar-refractivity contribution is 7.80. The summed E-state index contributed by atoms with van der Waals surface area (Å²) in [6, 6.07) is 60.3. The van der Waals surface area contributed by atoms with Gasteiger partial charge in [0.1, 0.15) is 0 Å². The molecule has 6 aromatic carbocycles. The van der Waals surface area contributed by atoms with Crippen molar-refractivity contribution in [2.75, 3.05) is 14.1 Å². The number of hydrogen-bond acceptors (Lipinski definition) is 1. The quantitative estimate of drug-likeness (QED) is 0.141. The normalized spacial score (nSPS) is 12.2. The van der Waals surface area contributed by atoms with Crippen LogP contribution in [0.25, 0.3) is 0 Å². The van der Waals surface area contributed by atoms with Crippen LogP contribution >= 0.6 is 15.8 Å². The topological polar surface area (TPSA) is 3.24 Å². The lowest BCUT2D eigenvalue weighted by Crippen LogP contribution is -2.32. The maximum atomic E-state index is 2.39. The molecule has 202 valence electrons. The van der Waals surface area contributed by atoms with E-state index >= 15 is 0 Å². The van der Waals surface area contributed by atoms with Crippen LogP contribution in [-0.4, -0.2) is 19.0 Å². The zero-order valence-electron chi connectivity index (χ0n) is 23.5. The first-order chi connectivity index (χ1) is 20.2. The molecule has 6 rings (SSSR count). The molecule has 0 radical (unpaired) electrons. The highest BCUT2D eigenvalue weighted by Crippen LogP contribution is 2.41. The Morgan fingerprint density at radius 1 is 0.463 bits per heavy atom. The molecule has 0 bridgehead atoms. The van der Waals surface area contributed by atoms with Crippen molar-refractivity contribution in [2.24, 2.45) is 0 Å². The second-order valence-electron chi connectivity index (χ2n) is 10.3. The van der Waals surface area contributed by atoms with Gasteiger partial charge in [-0.2, -0.15) is 17.7 Å². The minimum absolute atomic E-state index is 0.117. The predicted molar refractivity (Wildman–Crippen MR) is 181 cm³/mol. The molecule has 0 saturated carbocycles. The van der Waals surface area contributed by atoms with E-state index in [0.29, 0.717) is 0 Å². The molecule has 3 heteroatoms. The van der Waals surface area contributed by atoms with E-state index in [-0.39, 0.29) is 6.04 Å². The van der Waals surface area contributed by atoms with E-state index in [1.165, 1.54) is 43.0 Å². The van der Waals surface area contributed by atoms with Crippen LogP contribution in [0.2, 0.25) is 0 Å². The summed E-state index contributed by atoms with van der Waals surface area (Å²) in [4.78, 5) is 2.39. The van der Waals surface area contributed by atoms with Crippen molar-refractivity contribution in [1.29, 1.82) is 0 Å². The molecule has 6 aromatic rings. The van der Waals surface area contributed by atoms with E-state index in [9.17, 15) is 0 Å². The van der Waals surface area contributed by atoms with Gasteiger partial charge in [0.05, 0.1) is 0 Å². The molecule has 41 heavy (non-hydrogen) atoms. The van der Waals surface area contributed by atoms with Crippen molar-refractivity contribution < 1.29 is 0 Å². The van der Waals surface area contributed by atoms with Crippen molar-refractivity contribution in [1.82, 2.24) is 4.90 Å². The van der Waals surface area contributed by atoms with Crippen molar-refractivity contribution >= 4 is 47.7 Å². The van der Waals surface area contributed by atoms with Crippen LogP contribution in [0.1, 0.15) is 17.2 Å². The molecule has 0 amide bonds. The number of benzene rings is 5. The average Bonchev–Trinajstić information content (AvgIpc) is 3.49. The van der Waals surface area contributed by atoms with Crippen LogP contribution in [-0.2, 0) is 0 Å². The van der Waals surface area contributed by atoms with Gasteiger partial charge in [-0.1, -0.05) is 146 Å². The van der Waals surface area contributed by atoms with Gasteiger partial charge >= 0.3 is 0 Å². The Kier molecular flexibility index (Phi) is 8.60. The first-order valence-electron chi connectivity index (χ1n) is 14.0. The van der Waals surface area contributed by atoms with Gasteiger partial charge in [-0.05, 0) is 62.0 Å². The highest BCUT2D eigenvalue weighted by Gasteiger charge is 2.26. The summed E-state index contributed by atoms with van der Waals surface area (Å²) in [6.07, 6.45) is 0. The molecule has 0 fully saturated rings. The molecule has 0 saturated heterocycles. The van der Waals surface area contributed by atoms with E-state index in [1.807, 2.05) is 0 Å². The summed E-state index contributed by atoms with van der Waals surface area (Å²) in [5.41, 5.74) is 2.76. The number of rotatable bonds is 9. The van der Waals surface area contributed by atoms with E-state index in [1.54, 1.807) is 0 Å². The molecule has 0 heterocycles. The molecule has 0 aromatic heterocycles. The summed E-state index contributed by atoms with van der Waals surface area (Å²) < 4.78 is 0. The molecule has 0 N–H and O–H groups in total. The standard InChI is InChI=1S/C38H34NP2/c1-39(2)38(35-27-17-29-37(35)41(32-22-11-5-12-23-32)33-24-13-6-14-25-33)34-26-15-16-28-36(34)40(30-18-7-3-8-19-30)31-20-9-4-10-21-31/h3-29,38H,1-2H3/q-1/t38-/m1/s1. The first-order valence-corrected chi connectivity index (χ1v) is 16.7. The van der Waals surface area contributed by atoms with E-state index in [2.05, 4.69) is 183 Å². The van der Waals surface area contributed by atoms with Crippen LogP contribution in [0.15, 0.2) is 164 Å². The van der Waals surface area contributed by atoms with Crippen LogP contribution in [0.5, 0.6) is 0 Å². The first kappa shape index (κ1) is 27.4. The smallest absolute Gasteiger partial charge is 0.00590 e. The highest BCUT2D eigenvalue weighted by atomic mass is 31.1. The maximum absolute atomic E-state index is 2.39. The van der Waals surface area contributed by atoms with Gasteiger partial charge in [-0.3, -0.25) is 0 Å². The molecule has 0 aliphatic carbocycles. The fourth-order valence-corrected chi connectivity index (χ4v) is 10.6.